The molecule has 0 aliphatic rings. The number of fused-ring (bicyclic) bond motifs is 7. The van der Waals surface area contributed by atoms with E-state index in [9.17, 15) is 0 Å². The Morgan fingerprint density at radius 1 is 0.396 bits per heavy atom. The summed E-state index contributed by atoms with van der Waals surface area (Å²) in [5, 5.41) is 4.18. The van der Waals surface area contributed by atoms with E-state index in [0.717, 1.165) is 83.2 Å². The van der Waals surface area contributed by atoms with Gasteiger partial charge in [-0.25, -0.2) is 4.98 Å². The van der Waals surface area contributed by atoms with Gasteiger partial charge in [-0.05, 0) is 77.9 Å². The van der Waals surface area contributed by atoms with Crippen molar-refractivity contribution < 1.29 is 13.3 Å². The van der Waals surface area contributed by atoms with Crippen LogP contribution in [0.1, 0.15) is 0 Å². The Morgan fingerprint density at radius 2 is 1.00 bits per heavy atom. The van der Waals surface area contributed by atoms with Gasteiger partial charge in [0, 0.05) is 56.3 Å². The molecule has 0 unspecified atom stereocenters. The van der Waals surface area contributed by atoms with Crippen molar-refractivity contribution in [3.63, 3.8) is 0 Å². The molecule has 0 N–H and O–H groups in total. The van der Waals surface area contributed by atoms with Gasteiger partial charge in [0.25, 0.3) is 0 Å². The molecule has 10 rings (SSSR count). The molecular weight excluding hydrogens is 592 g/mol. The second-order valence-corrected chi connectivity index (χ2v) is 12.0. The van der Waals surface area contributed by atoms with Gasteiger partial charge in [-0.3, -0.25) is 0 Å². The molecule has 5 nitrogen and oxygen atoms in total. The third kappa shape index (κ3) is 4.22. The molecule has 7 aromatic carbocycles. The molecular formula is C43H26N2O3. The molecule has 48 heavy (non-hydrogen) atoms. The van der Waals surface area contributed by atoms with Crippen LogP contribution in [-0.2, 0) is 0 Å². The number of para-hydroxylation sites is 3. The van der Waals surface area contributed by atoms with Crippen LogP contribution in [0, 0.1) is 0 Å². The van der Waals surface area contributed by atoms with Crippen LogP contribution in [0.2, 0.25) is 0 Å². The van der Waals surface area contributed by atoms with Crippen LogP contribution in [-0.4, -0.2) is 4.98 Å². The van der Waals surface area contributed by atoms with E-state index in [2.05, 4.69) is 95.9 Å². The van der Waals surface area contributed by atoms with Crippen molar-refractivity contribution in [1.82, 2.24) is 4.98 Å². The van der Waals surface area contributed by atoms with Crippen molar-refractivity contribution in [1.29, 1.82) is 0 Å². The SMILES string of the molecule is c1ccc(-c2ccc(N(c3ccc4c(c3)oc3ccccc34)c3ccc4c(c3)oc3cccc(-c5nc6ccccc6o5)c34)cc2)cc1. The normalized spacial score (nSPS) is 11.8. The second kappa shape index (κ2) is 10.5. The topological polar surface area (TPSA) is 55.6 Å². The van der Waals surface area contributed by atoms with Crippen LogP contribution in [0.3, 0.4) is 0 Å². The molecule has 0 radical (unpaired) electrons. The van der Waals surface area contributed by atoms with Crippen LogP contribution < -0.4 is 4.90 Å². The molecule has 5 heteroatoms. The lowest BCUT2D eigenvalue weighted by Gasteiger charge is -2.25. The third-order valence-electron chi connectivity index (χ3n) is 9.12. The van der Waals surface area contributed by atoms with Gasteiger partial charge < -0.3 is 18.2 Å². The Labute approximate surface area is 274 Å². The number of nitrogens with zero attached hydrogens (tertiary/aromatic N) is 2. The quantitative estimate of drug-likeness (QED) is 0.192. The van der Waals surface area contributed by atoms with Crippen LogP contribution in [0.25, 0.3) is 77.6 Å². The molecule has 10 aromatic rings. The molecule has 226 valence electrons. The largest absolute Gasteiger partial charge is 0.456 e. The average molecular weight is 619 g/mol. The van der Waals surface area contributed by atoms with Crippen molar-refractivity contribution in [3.05, 3.63) is 158 Å². The number of furan rings is 2. The predicted molar refractivity (Wildman–Crippen MR) is 194 cm³/mol. The van der Waals surface area contributed by atoms with Gasteiger partial charge in [-0.1, -0.05) is 78.9 Å². The van der Waals surface area contributed by atoms with E-state index in [1.807, 2.05) is 66.7 Å². The summed E-state index contributed by atoms with van der Waals surface area (Å²) >= 11 is 0. The Bertz CT molecular complexity index is 2760. The standard InChI is InChI=1S/C43H26N2O3/c1-2-9-27(10-3-1)28-17-19-29(20-18-28)45(30-21-23-33-32-11-4-6-14-37(32)46-40(33)25-30)31-22-24-34-41(26-31)47-39-16-8-12-35(42(34)39)43-44-36-13-5-7-15-38(36)48-43/h1-26H. The van der Waals surface area contributed by atoms with Crippen molar-refractivity contribution in [2.75, 3.05) is 4.90 Å². The zero-order valence-corrected chi connectivity index (χ0v) is 25.6. The van der Waals surface area contributed by atoms with E-state index in [1.54, 1.807) is 0 Å². The lowest BCUT2D eigenvalue weighted by atomic mass is 10.0. The van der Waals surface area contributed by atoms with E-state index >= 15 is 0 Å². The first kappa shape index (κ1) is 26.6. The Kier molecular flexibility index (Phi) is 5.81. The number of anilines is 3. The van der Waals surface area contributed by atoms with Crippen molar-refractivity contribution in [3.8, 4) is 22.6 Å². The van der Waals surface area contributed by atoms with E-state index in [1.165, 1.54) is 5.56 Å². The molecule has 0 spiro atoms. The molecule has 3 heterocycles. The molecule has 0 saturated carbocycles. The van der Waals surface area contributed by atoms with Gasteiger partial charge in [-0.15, -0.1) is 0 Å². The summed E-state index contributed by atoms with van der Waals surface area (Å²) in [6.45, 7) is 0. The lowest BCUT2D eigenvalue weighted by Crippen LogP contribution is -2.09. The number of rotatable bonds is 5. The fraction of sp³-hybridized carbons (Fsp3) is 0. The highest BCUT2D eigenvalue weighted by molar-refractivity contribution is 6.13. The fourth-order valence-corrected chi connectivity index (χ4v) is 6.85. The monoisotopic (exact) mass is 618 g/mol. The fourth-order valence-electron chi connectivity index (χ4n) is 6.85. The van der Waals surface area contributed by atoms with Crippen molar-refractivity contribution in [2.45, 2.75) is 0 Å². The smallest absolute Gasteiger partial charge is 0.228 e. The maximum absolute atomic E-state index is 6.52. The highest BCUT2D eigenvalue weighted by Crippen LogP contribution is 2.43. The van der Waals surface area contributed by atoms with Gasteiger partial charge in [0.1, 0.15) is 27.8 Å². The van der Waals surface area contributed by atoms with E-state index in [-0.39, 0.29) is 0 Å². The predicted octanol–water partition coefficient (Wildman–Crippen LogP) is 12.4. The summed E-state index contributed by atoms with van der Waals surface area (Å²) in [6, 6.07) is 53.9. The first-order valence-electron chi connectivity index (χ1n) is 15.9. The molecule has 0 amide bonds. The molecule has 0 aliphatic heterocycles. The maximum Gasteiger partial charge on any atom is 0.228 e. The van der Waals surface area contributed by atoms with Gasteiger partial charge in [0.2, 0.25) is 5.89 Å². The number of hydrogen-bond donors (Lipinski definition) is 0. The summed E-state index contributed by atoms with van der Waals surface area (Å²) in [5.74, 6) is 0.577. The Morgan fingerprint density at radius 3 is 1.81 bits per heavy atom. The van der Waals surface area contributed by atoms with Crippen LogP contribution in [0.15, 0.2) is 171 Å². The van der Waals surface area contributed by atoms with E-state index < -0.39 is 0 Å². The Balaban J connectivity index is 1.14. The minimum Gasteiger partial charge on any atom is -0.456 e. The average Bonchev–Trinajstić information content (AvgIpc) is 3.85. The van der Waals surface area contributed by atoms with E-state index in [4.69, 9.17) is 18.2 Å². The highest BCUT2D eigenvalue weighted by Gasteiger charge is 2.20. The summed E-state index contributed by atoms with van der Waals surface area (Å²) < 4.78 is 19.0. The van der Waals surface area contributed by atoms with Gasteiger partial charge in [-0.2, -0.15) is 0 Å². The zero-order valence-electron chi connectivity index (χ0n) is 25.6. The third-order valence-corrected chi connectivity index (χ3v) is 9.12. The van der Waals surface area contributed by atoms with Crippen LogP contribution >= 0.6 is 0 Å². The molecule has 0 saturated heterocycles. The summed E-state index contributed by atoms with van der Waals surface area (Å²) in [4.78, 5) is 7.03. The molecule has 0 aliphatic carbocycles. The van der Waals surface area contributed by atoms with Crippen molar-refractivity contribution >= 4 is 72.0 Å². The second-order valence-electron chi connectivity index (χ2n) is 12.0. The first-order valence-corrected chi connectivity index (χ1v) is 15.9. The zero-order chi connectivity index (χ0) is 31.6. The Hall–Kier alpha value is -6.59. The summed E-state index contributed by atoms with van der Waals surface area (Å²) in [6.07, 6.45) is 0. The van der Waals surface area contributed by atoms with Crippen LogP contribution in [0.5, 0.6) is 0 Å². The first-order chi connectivity index (χ1) is 23.8. The van der Waals surface area contributed by atoms with E-state index in [0.29, 0.717) is 5.89 Å². The minimum absolute atomic E-state index is 0.577. The minimum atomic E-state index is 0.577. The highest BCUT2D eigenvalue weighted by atomic mass is 16.4. The van der Waals surface area contributed by atoms with Gasteiger partial charge in [0.15, 0.2) is 5.58 Å². The van der Waals surface area contributed by atoms with Gasteiger partial charge >= 0.3 is 0 Å². The molecule has 0 bridgehead atoms. The molecule has 0 atom stereocenters. The number of benzene rings is 7. The number of oxazole rings is 1. The van der Waals surface area contributed by atoms with Crippen LogP contribution in [0.4, 0.5) is 17.1 Å². The summed E-state index contributed by atoms with van der Waals surface area (Å²) in [7, 11) is 0. The van der Waals surface area contributed by atoms with Crippen molar-refractivity contribution in [2.24, 2.45) is 0 Å². The summed E-state index contributed by atoms with van der Waals surface area (Å²) in [5.41, 5.74) is 11.1. The van der Waals surface area contributed by atoms with Gasteiger partial charge in [0.05, 0.1) is 0 Å². The maximum atomic E-state index is 6.52. The molecule has 3 aromatic heterocycles. The molecule has 0 fully saturated rings. The number of hydrogen-bond acceptors (Lipinski definition) is 5. The number of aromatic nitrogens is 1. The lowest BCUT2D eigenvalue weighted by molar-refractivity contribution is 0.620.